The smallest absolute Gasteiger partial charge is 0.307 e. The number of pyridine rings is 3. The SMILES string of the molecule is Cc1c(Cc2nccc3nc(CN4CC[C@@H](C(=O)O)C4)cnc23)cccc1-c1cccc(Nc2nccc3cc(CN4CC[C@@H](O)C4)cnc23)c1C. The van der Waals surface area contributed by atoms with Gasteiger partial charge in [0, 0.05) is 68.8 Å². The highest BCUT2D eigenvalue weighted by atomic mass is 16.4. The molecule has 4 aromatic heterocycles. The van der Waals surface area contributed by atoms with Crippen LogP contribution >= 0.6 is 0 Å². The van der Waals surface area contributed by atoms with Crippen LogP contribution < -0.4 is 5.32 Å². The number of aromatic nitrogens is 5. The van der Waals surface area contributed by atoms with Crippen LogP contribution in [0.5, 0.6) is 0 Å². The molecule has 2 saturated heterocycles. The number of hydrogen-bond acceptors (Lipinski definition) is 10. The number of benzene rings is 2. The molecule has 0 bridgehead atoms. The van der Waals surface area contributed by atoms with Crippen LogP contribution in [0, 0.1) is 19.8 Å². The van der Waals surface area contributed by atoms with Crippen LogP contribution in [0.15, 0.2) is 79.4 Å². The Morgan fingerprint density at radius 3 is 2.42 bits per heavy atom. The Morgan fingerprint density at radius 2 is 1.62 bits per heavy atom. The van der Waals surface area contributed by atoms with E-state index < -0.39 is 5.97 Å². The van der Waals surface area contributed by atoms with Crippen molar-refractivity contribution < 1.29 is 15.0 Å². The van der Waals surface area contributed by atoms with Gasteiger partial charge in [0.1, 0.15) is 11.0 Å². The van der Waals surface area contributed by atoms with Crippen molar-refractivity contribution in [3.8, 4) is 11.1 Å². The molecule has 0 spiro atoms. The molecule has 0 amide bonds. The summed E-state index contributed by atoms with van der Waals surface area (Å²) in [4.78, 5) is 39.7. The van der Waals surface area contributed by atoms with Crippen molar-refractivity contribution in [2.45, 2.75) is 52.3 Å². The summed E-state index contributed by atoms with van der Waals surface area (Å²) in [7, 11) is 0. The van der Waals surface area contributed by atoms with Gasteiger partial charge in [-0.3, -0.25) is 29.5 Å². The first-order valence-corrected chi connectivity index (χ1v) is 17.9. The molecule has 52 heavy (non-hydrogen) atoms. The van der Waals surface area contributed by atoms with Crippen LogP contribution in [-0.2, 0) is 24.3 Å². The number of carbonyl (C=O) groups is 1. The molecule has 3 N–H and O–H groups in total. The highest BCUT2D eigenvalue weighted by Gasteiger charge is 2.28. The van der Waals surface area contributed by atoms with E-state index in [2.05, 4.69) is 76.4 Å². The van der Waals surface area contributed by atoms with Gasteiger partial charge in [-0.05, 0) is 90.9 Å². The van der Waals surface area contributed by atoms with E-state index in [0.717, 1.165) is 92.9 Å². The summed E-state index contributed by atoms with van der Waals surface area (Å²) in [5, 5.41) is 23.9. The van der Waals surface area contributed by atoms with E-state index in [1.807, 2.05) is 24.5 Å². The summed E-state index contributed by atoms with van der Waals surface area (Å²) in [6, 6.07) is 18.8. The van der Waals surface area contributed by atoms with Gasteiger partial charge in [-0.2, -0.15) is 0 Å². The zero-order valence-corrected chi connectivity index (χ0v) is 29.5. The summed E-state index contributed by atoms with van der Waals surface area (Å²) in [6.45, 7) is 8.53. The fraction of sp³-hybridized carbons (Fsp3) is 0.317. The second kappa shape index (κ2) is 14.3. The molecular weight excluding hydrogens is 653 g/mol. The largest absolute Gasteiger partial charge is 0.481 e. The lowest BCUT2D eigenvalue weighted by Gasteiger charge is -2.18. The molecule has 6 heterocycles. The lowest BCUT2D eigenvalue weighted by atomic mass is 9.91. The summed E-state index contributed by atoms with van der Waals surface area (Å²) in [5.41, 5.74) is 11.9. The van der Waals surface area contributed by atoms with Crippen molar-refractivity contribution in [3.63, 3.8) is 0 Å². The first-order chi connectivity index (χ1) is 25.3. The topological polar surface area (TPSA) is 140 Å². The van der Waals surface area contributed by atoms with Crippen LogP contribution in [0.1, 0.15) is 46.5 Å². The van der Waals surface area contributed by atoms with Gasteiger partial charge >= 0.3 is 5.97 Å². The number of nitrogens with one attached hydrogen (secondary N) is 1. The molecule has 0 radical (unpaired) electrons. The van der Waals surface area contributed by atoms with Crippen LogP contribution in [0.3, 0.4) is 0 Å². The maximum atomic E-state index is 11.4. The minimum Gasteiger partial charge on any atom is -0.481 e. The number of fused-ring (bicyclic) bond motifs is 2. The molecule has 2 atom stereocenters. The lowest BCUT2D eigenvalue weighted by Crippen LogP contribution is -2.23. The summed E-state index contributed by atoms with van der Waals surface area (Å²) >= 11 is 0. The average Bonchev–Trinajstić information content (AvgIpc) is 3.79. The molecule has 11 heteroatoms. The number of carboxylic acid groups (broad SMARTS) is 1. The highest BCUT2D eigenvalue weighted by molar-refractivity contribution is 5.91. The number of aliphatic hydroxyl groups is 1. The normalized spacial score (nSPS) is 18.1. The Bertz CT molecular complexity index is 2300. The van der Waals surface area contributed by atoms with E-state index in [1.165, 1.54) is 5.56 Å². The van der Waals surface area contributed by atoms with Crippen molar-refractivity contribution in [3.05, 3.63) is 113 Å². The number of β-amino-alcohol motifs (C(OH)–C–C–N with tert-alkyl or cyclic N) is 1. The molecule has 2 aliphatic rings. The first-order valence-electron chi connectivity index (χ1n) is 17.9. The zero-order valence-electron chi connectivity index (χ0n) is 29.5. The monoisotopic (exact) mass is 694 g/mol. The van der Waals surface area contributed by atoms with Crippen molar-refractivity contribution >= 4 is 39.4 Å². The predicted octanol–water partition coefficient (Wildman–Crippen LogP) is 6.06. The second-order valence-corrected chi connectivity index (χ2v) is 14.2. The fourth-order valence-corrected chi connectivity index (χ4v) is 7.69. The number of aliphatic hydroxyl groups excluding tert-OH is 1. The molecule has 6 aromatic rings. The van der Waals surface area contributed by atoms with Crippen LogP contribution in [0.2, 0.25) is 0 Å². The molecule has 0 unspecified atom stereocenters. The van der Waals surface area contributed by atoms with Gasteiger partial charge in [0.25, 0.3) is 0 Å². The van der Waals surface area contributed by atoms with E-state index in [9.17, 15) is 15.0 Å². The zero-order chi connectivity index (χ0) is 35.8. The van der Waals surface area contributed by atoms with Crippen LogP contribution in [0.25, 0.3) is 33.1 Å². The third-order valence-electron chi connectivity index (χ3n) is 10.6. The summed E-state index contributed by atoms with van der Waals surface area (Å²) < 4.78 is 0. The number of carboxylic acids is 1. The molecule has 2 aromatic carbocycles. The van der Waals surface area contributed by atoms with Crippen molar-refractivity contribution in [1.29, 1.82) is 0 Å². The Morgan fingerprint density at radius 1 is 0.846 bits per heavy atom. The lowest BCUT2D eigenvalue weighted by molar-refractivity contribution is -0.141. The molecule has 2 fully saturated rings. The first kappa shape index (κ1) is 33.8. The van der Waals surface area contributed by atoms with Gasteiger partial charge in [0.05, 0.1) is 35.1 Å². The van der Waals surface area contributed by atoms with Gasteiger partial charge in [-0.1, -0.05) is 30.3 Å². The molecule has 2 aliphatic heterocycles. The number of rotatable bonds is 10. The quantitative estimate of drug-likeness (QED) is 0.154. The van der Waals surface area contributed by atoms with E-state index in [1.54, 1.807) is 12.4 Å². The Kier molecular flexibility index (Phi) is 9.31. The molecule has 11 nitrogen and oxygen atoms in total. The number of anilines is 2. The van der Waals surface area contributed by atoms with Gasteiger partial charge in [-0.15, -0.1) is 0 Å². The van der Waals surface area contributed by atoms with Crippen molar-refractivity contribution in [2.24, 2.45) is 5.92 Å². The number of nitrogens with zero attached hydrogens (tertiary/aromatic N) is 7. The molecule has 0 saturated carbocycles. The van der Waals surface area contributed by atoms with E-state index in [4.69, 9.17) is 19.9 Å². The maximum absolute atomic E-state index is 11.4. The van der Waals surface area contributed by atoms with Crippen molar-refractivity contribution in [1.82, 2.24) is 34.7 Å². The molecular formula is C41H42N8O3. The van der Waals surface area contributed by atoms with E-state index >= 15 is 0 Å². The standard InChI is InChI=1S/C41H42N8O3/c1-25-28(18-37-39-36(10-14-42-37)46-31(20-45-39)23-49-15-11-30(22-49)41(51)52)5-3-6-33(25)34-7-4-8-35(26(34)2)47-40-38-29(9-13-43-40)17-27(19-44-38)21-48-16-12-32(50)24-48/h3-10,13-14,17,19-20,30,32,50H,11-12,15-16,18,21-24H2,1-2H3,(H,43,47)(H,51,52)/t30-,32-/m1/s1. The number of hydrogen-bond donors (Lipinski definition) is 3. The number of likely N-dealkylation sites (tertiary alicyclic amines) is 2. The highest BCUT2D eigenvalue weighted by Crippen LogP contribution is 2.35. The van der Waals surface area contributed by atoms with Gasteiger partial charge in [-0.25, -0.2) is 9.97 Å². The van der Waals surface area contributed by atoms with Gasteiger partial charge < -0.3 is 15.5 Å². The summed E-state index contributed by atoms with van der Waals surface area (Å²) in [5.74, 6) is -0.341. The van der Waals surface area contributed by atoms with Gasteiger partial charge in [0.15, 0.2) is 5.82 Å². The van der Waals surface area contributed by atoms with Crippen molar-refractivity contribution in [2.75, 3.05) is 31.5 Å². The number of aliphatic carboxylic acids is 1. The second-order valence-electron chi connectivity index (χ2n) is 14.2. The van der Waals surface area contributed by atoms with E-state index in [0.29, 0.717) is 38.3 Å². The Labute approximate surface area is 302 Å². The van der Waals surface area contributed by atoms with Crippen LogP contribution in [-0.4, -0.2) is 83.2 Å². The molecule has 8 rings (SSSR count). The van der Waals surface area contributed by atoms with E-state index in [-0.39, 0.29) is 12.0 Å². The molecule has 264 valence electrons. The molecule has 0 aliphatic carbocycles. The third kappa shape index (κ3) is 6.94. The fourth-order valence-electron chi connectivity index (χ4n) is 7.69. The average molecular weight is 695 g/mol. The van der Waals surface area contributed by atoms with Gasteiger partial charge in [0.2, 0.25) is 0 Å². The Hall–Kier alpha value is -5.36. The minimum atomic E-state index is -0.733. The van der Waals surface area contributed by atoms with Crippen LogP contribution in [0.4, 0.5) is 11.5 Å². The maximum Gasteiger partial charge on any atom is 0.307 e. The Balaban J connectivity index is 1.02. The third-order valence-corrected chi connectivity index (χ3v) is 10.6. The minimum absolute atomic E-state index is 0.242. The summed E-state index contributed by atoms with van der Waals surface area (Å²) in [6.07, 6.45) is 9.18. The predicted molar refractivity (Wildman–Crippen MR) is 201 cm³/mol.